The second-order valence-electron chi connectivity index (χ2n) is 4.69. The molecule has 4 nitrogen and oxygen atoms in total. The van der Waals surface area contributed by atoms with Gasteiger partial charge in [0.05, 0.1) is 6.20 Å². The molecule has 0 saturated heterocycles. The Labute approximate surface area is 113 Å². The van der Waals surface area contributed by atoms with Crippen LogP contribution in [0.25, 0.3) is 0 Å². The lowest BCUT2D eigenvalue weighted by molar-refractivity contribution is 0.0951. The molecule has 0 bridgehead atoms. The van der Waals surface area contributed by atoms with E-state index in [0.717, 1.165) is 17.7 Å². The molecule has 2 rings (SSSR count). The van der Waals surface area contributed by atoms with Gasteiger partial charge in [0, 0.05) is 30.4 Å². The Morgan fingerprint density at radius 3 is 2.74 bits per heavy atom. The van der Waals surface area contributed by atoms with Crippen LogP contribution in [-0.2, 0) is 13.1 Å². The van der Waals surface area contributed by atoms with Gasteiger partial charge in [-0.05, 0) is 44.0 Å². The van der Waals surface area contributed by atoms with E-state index in [2.05, 4.69) is 10.4 Å². The Balaban J connectivity index is 1.99. The standard InChI is InChI=1S/C15H19N3O/c1-4-18-10-13(9-17-18)8-16-15(19)14-6-5-11(2)12(3)7-14/h5-7,9-10H,4,8H2,1-3H3,(H,16,19). The summed E-state index contributed by atoms with van der Waals surface area (Å²) in [4.78, 5) is 12.0. The van der Waals surface area contributed by atoms with Crippen molar-refractivity contribution in [2.75, 3.05) is 0 Å². The molecule has 0 unspecified atom stereocenters. The van der Waals surface area contributed by atoms with Crippen LogP contribution in [0.2, 0.25) is 0 Å². The van der Waals surface area contributed by atoms with Crippen LogP contribution in [0.5, 0.6) is 0 Å². The van der Waals surface area contributed by atoms with E-state index in [-0.39, 0.29) is 5.91 Å². The van der Waals surface area contributed by atoms with Gasteiger partial charge >= 0.3 is 0 Å². The average molecular weight is 257 g/mol. The lowest BCUT2D eigenvalue weighted by atomic mass is 10.1. The maximum atomic E-state index is 12.0. The van der Waals surface area contributed by atoms with Crippen LogP contribution in [0.4, 0.5) is 0 Å². The molecule has 0 aliphatic carbocycles. The van der Waals surface area contributed by atoms with Crippen molar-refractivity contribution >= 4 is 5.91 Å². The molecule has 1 aromatic carbocycles. The summed E-state index contributed by atoms with van der Waals surface area (Å²) in [5, 5.41) is 7.08. The lowest BCUT2D eigenvalue weighted by Gasteiger charge is -2.06. The van der Waals surface area contributed by atoms with Crippen LogP contribution in [0.15, 0.2) is 30.6 Å². The second-order valence-corrected chi connectivity index (χ2v) is 4.69. The van der Waals surface area contributed by atoms with E-state index in [4.69, 9.17) is 0 Å². The van der Waals surface area contributed by atoms with Gasteiger partial charge in [0.25, 0.3) is 5.91 Å². The molecule has 19 heavy (non-hydrogen) atoms. The van der Waals surface area contributed by atoms with E-state index in [1.807, 2.05) is 49.8 Å². The zero-order chi connectivity index (χ0) is 13.8. The SMILES string of the molecule is CCn1cc(CNC(=O)c2ccc(C)c(C)c2)cn1. The summed E-state index contributed by atoms with van der Waals surface area (Å²) in [6.07, 6.45) is 3.73. The molecule has 0 radical (unpaired) electrons. The van der Waals surface area contributed by atoms with Crippen molar-refractivity contribution in [1.82, 2.24) is 15.1 Å². The van der Waals surface area contributed by atoms with E-state index < -0.39 is 0 Å². The van der Waals surface area contributed by atoms with Gasteiger partial charge in [-0.3, -0.25) is 9.48 Å². The molecule has 1 N–H and O–H groups in total. The molecule has 1 amide bonds. The number of carbonyl (C=O) groups excluding carboxylic acids is 1. The van der Waals surface area contributed by atoms with E-state index >= 15 is 0 Å². The van der Waals surface area contributed by atoms with Crippen molar-refractivity contribution in [3.8, 4) is 0 Å². The predicted molar refractivity (Wildman–Crippen MR) is 75.0 cm³/mol. The summed E-state index contributed by atoms with van der Waals surface area (Å²) >= 11 is 0. The van der Waals surface area contributed by atoms with E-state index in [1.165, 1.54) is 5.56 Å². The van der Waals surface area contributed by atoms with Crippen LogP contribution in [0.1, 0.15) is 34.0 Å². The Morgan fingerprint density at radius 2 is 2.11 bits per heavy atom. The number of aryl methyl sites for hydroxylation is 3. The highest BCUT2D eigenvalue weighted by Crippen LogP contribution is 2.10. The fourth-order valence-electron chi connectivity index (χ4n) is 1.84. The van der Waals surface area contributed by atoms with Crippen molar-refractivity contribution in [2.45, 2.75) is 33.9 Å². The molecule has 0 atom stereocenters. The molecule has 2 aromatic rings. The smallest absolute Gasteiger partial charge is 0.251 e. The maximum absolute atomic E-state index is 12.0. The van der Waals surface area contributed by atoms with Gasteiger partial charge in [-0.15, -0.1) is 0 Å². The van der Waals surface area contributed by atoms with Gasteiger partial charge in [0.2, 0.25) is 0 Å². The van der Waals surface area contributed by atoms with Gasteiger partial charge < -0.3 is 5.32 Å². The minimum atomic E-state index is -0.0488. The lowest BCUT2D eigenvalue weighted by Crippen LogP contribution is -2.22. The third-order valence-corrected chi connectivity index (χ3v) is 3.23. The molecule has 4 heteroatoms. The third-order valence-electron chi connectivity index (χ3n) is 3.23. The number of amides is 1. The summed E-state index contributed by atoms with van der Waals surface area (Å²) in [6.45, 7) is 7.43. The highest BCUT2D eigenvalue weighted by atomic mass is 16.1. The number of rotatable bonds is 4. The van der Waals surface area contributed by atoms with Gasteiger partial charge in [-0.2, -0.15) is 5.10 Å². The fraction of sp³-hybridized carbons (Fsp3) is 0.333. The van der Waals surface area contributed by atoms with Crippen molar-refractivity contribution in [3.05, 3.63) is 52.8 Å². The van der Waals surface area contributed by atoms with E-state index in [9.17, 15) is 4.79 Å². The van der Waals surface area contributed by atoms with Crippen LogP contribution >= 0.6 is 0 Å². The fourth-order valence-corrected chi connectivity index (χ4v) is 1.84. The van der Waals surface area contributed by atoms with Crippen LogP contribution in [0, 0.1) is 13.8 Å². The summed E-state index contributed by atoms with van der Waals surface area (Å²) in [7, 11) is 0. The van der Waals surface area contributed by atoms with Crippen LogP contribution < -0.4 is 5.32 Å². The summed E-state index contributed by atoms with van der Waals surface area (Å²) < 4.78 is 1.84. The zero-order valence-electron chi connectivity index (χ0n) is 11.6. The first-order valence-corrected chi connectivity index (χ1v) is 6.47. The minimum Gasteiger partial charge on any atom is -0.348 e. The number of nitrogens with one attached hydrogen (secondary N) is 1. The molecular weight excluding hydrogens is 238 g/mol. The molecule has 0 saturated carbocycles. The number of aromatic nitrogens is 2. The molecule has 0 fully saturated rings. The van der Waals surface area contributed by atoms with Gasteiger partial charge in [0.15, 0.2) is 0 Å². The molecule has 100 valence electrons. The van der Waals surface area contributed by atoms with Crippen molar-refractivity contribution < 1.29 is 4.79 Å². The molecule has 0 aliphatic rings. The van der Waals surface area contributed by atoms with Gasteiger partial charge in [-0.25, -0.2) is 0 Å². The highest BCUT2D eigenvalue weighted by Gasteiger charge is 2.07. The number of nitrogens with zero attached hydrogens (tertiary/aromatic N) is 2. The first-order chi connectivity index (χ1) is 9.10. The zero-order valence-corrected chi connectivity index (χ0v) is 11.6. The molecule has 0 spiro atoms. The highest BCUT2D eigenvalue weighted by molar-refractivity contribution is 5.94. The topological polar surface area (TPSA) is 46.9 Å². The molecule has 1 heterocycles. The Kier molecular flexibility index (Phi) is 4.00. The Hall–Kier alpha value is -2.10. The quantitative estimate of drug-likeness (QED) is 0.914. The Morgan fingerprint density at radius 1 is 1.32 bits per heavy atom. The summed E-state index contributed by atoms with van der Waals surface area (Å²) in [5.74, 6) is -0.0488. The maximum Gasteiger partial charge on any atom is 0.251 e. The largest absolute Gasteiger partial charge is 0.348 e. The van der Waals surface area contributed by atoms with Crippen molar-refractivity contribution in [1.29, 1.82) is 0 Å². The first kappa shape index (κ1) is 13.3. The second kappa shape index (κ2) is 5.69. The number of carbonyl (C=O) groups is 1. The Bertz CT molecular complexity index is 587. The monoisotopic (exact) mass is 257 g/mol. The number of benzene rings is 1. The molecular formula is C15H19N3O. The first-order valence-electron chi connectivity index (χ1n) is 6.47. The molecule has 0 aliphatic heterocycles. The van der Waals surface area contributed by atoms with Crippen LogP contribution in [-0.4, -0.2) is 15.7 Å². The normalized spacial score (nSPS) is 10.5. The van der Waals surface area contributed by atoms with E-state index in [0.29, 0.717) is 12.1 Å². The van der Waals surface area contributed by atoms with Gasteiger partial charge in [-0.1, -0.05) is 6.07 Å². The summed E-state index contributed by atoms with van der Waals surface area (Å²) in [6, 6.07) is 5.74. The van der Waals surface area contributed by atoms with Crippen LogP contribution in [0.3, 0.4) is 0 Å². The molecule has 1 aromatic heterocycles. The van der Waals surface area contributed by atoms with Crippen molar-refractivity contribution in [3.63, 3.8) is 0 Å². The van der Waals surface area contributed by atoms with Crippen molar-refractivity contribution in [2.24, 2.45) is 0 Å². The third kappa shape index (κ3) is 3.22. The number of hydrogen-bond donors (Lipinski definition) is 1. The average Bonchev–Trinajstić information content (AvgIpc) is 2.87. The summed E-state index contributed by atoms with van der Waals surface area (Å²) in [5.41, 5.74) is 4.04. The minimum absolute atomic E-state index is 0.0488. The predicted octanol–water partition coefficient (Wildman–Crippen LogP) is 2.45. The number of hydrogen-bond acceptors (Lipinski definition) is 2. The van der Waals surface area contributed by atoms with E-state index in [1.54, 1.807) is 6.20 Å². The van der Waals surface area contributed by atoms with Gasteiger partial charge in [0.1, 0.15) is 0 Å².